The van der Waals surface area contributed by atoms with Crippen molar-refractivity contribution in [3.8, 4) is 11.6 Å². The topological polar surface area (TPSA) is 59.5 Å². The molecule has 0 spiro atoms. The third-order valence-corrected chi connectivity index (χ3v) is 4.97. The average Bonchev–Trinajstić information content (AvgIpc) is 3.31. The highest BCUT2D eigenvalue weighted by atomic mass is 32.1. The molecule has 0 amide bonds. The number of nitrogens with zero attached hydrogens (tertiary/aromatic N) is 5. The van der Waals surface area contributed by atoms with Crippen LogP contribution in [0.4, 0.5) is 5.69 Å². The number of rotatable bonds is 3. The SMILES string of the molecule is c1coc(-c2nnc3sc(CN4CCc5ccccc54)nn23)c1. The fraction of sp³-hybridized carbons (Fsp3) is 0.188. The normalized spacial score (nSPS) is 13.8. The molecule has 0 aliphatic carbocycles. The van der Waals surface area contributed by atoms with E-state index in [-0.39, 0.29) is 0 Å². The molecular weight excluding hydrogens is 310 g/mol. The van der Waals surface area contributed by atoms with E-state index in [0.717, 1.165) is 29.5 Å². The summed E-state index contributed by atoms with van der Waals surface area (Å²) in [5, 5.41) is 14.1. The van der Waals surface area contributed by atoms with Gasteiger partial charge in [0.2, 0.25) is 10.8 Å². The van der Waals surface area contributed by atoms with Gasteiger partial charge in [-0.05, 0) is 30.2 Å². The molecule has 1 aliphatic rings. The second-order valence-corrected chi connectivity index (χ2v) is 6.53. The van der Waals surface area contributed by atoms with E-state index in [1.165, 1.54) is 11.3 Å². The van der Waals surface area contributed by atoms with Gasteiger partial charge in [-0.3, -0.25) is 0 Å². The van der Waals surface area contributed by atoms with E-state index >= 15 is 0 Å². The second-order valence-electron chi connectivity index (χ2n) is 5.49. The van der Waals surface area contributed by atoms with Crippen molar-refractivity contribution in [3.05, 3.63) is 53.2 Å². The summed E-state index contributed by atoms with van der Waals surface area (Å²) in [4.78, 5) is 3.16. The molecule has 3 aromatic heterocycles. The molecular formula is C16H13N5OS. The lowest BCUT2D eigenvalue weighted by molar-refractivity contribution is 0.574. The molecule has 0 saturated carbocycles. The molecule has 1 aliphatic heterocycles. The Labute approximate surface area is 136 Å². The van der Waals surface area contributed by atoms with Crippen LogP contribution >= 0.6 is 11.3 Å². The maximum atomic E-state index is 5.41. The molecule has 23 heavy (non-hydrogen) atoms. The number of furan rings is 1. The third kappa shape index (κ3) is 2.04. The number of hydrogen-bond acceptors (Lipinski definition) is 6. The quantitative estimate of drug-likeness (QED) is 0.580. The molecule has 0 fully saturated rings. The zero-order valence-corrected chi connectivity index (χ0v) is 13.0. The van der Waals surface area contributed by atoms with Crippen LogP contribution in [0.25, 0.3) is 16.5 Å². The minimum Gasteiger partial charge on any atom is -0.461 e. The van der Waals surface area contributed by atoms with Crippen molar-refractivity contribution < 1.29 is 4.42 Å². The van der Waals surface area contributed by atoms with Crippen LogP contribution in [0.2, 0.25) is 0 Å². The van der Waals surface area contributed by atoms with E-state index in [9.17, 15) is 0 Å². The summed E-state index contributed by atoms with van der Waals surface area (Å²) in [5.41, 5.74) is 2.72. The van der Waals surface area contributed by atoms with Gasteiger partial charge in [-0.15, -0.1) is 10.2 Å². The Morgan fingerprint density at radius 3 is 3.00 bits per heavy atom. The molecule has 4 aromatic rings. The van der Waals surface area contributed by atoms with E-state index in [1.807, 2.05) is 12.1 Å². The first kappa shape index (κ1) is 12.8. The summed E-state index contributed by atoms with van der Waals surface area (Å²) in [5.74, 6) is 1.33. The molecule has 4 heterocycles. The summed E-state index contributed by atoms with van der Waals surface area (Å²) >= 11 is 1.57. The zero-order chi connectivity index (χ0) is 15.2. The van der Waals surface area contributed by atoms with Gasteiger partial charge in [-0.2, -0.15) is 9.61 Å². The first-order valence-corrected chi connectivity index (χ1v) is 8.28. The Morgan fingerprint density at radius 1 is 1.13 bits per heavy atom. The first-order chi connectivity index (χ1) is 11.4. The Morgan fingerprint density at radius 2 is 2.09 bits per heavy atom. The number of para-hydroxylation sites is 1. The molecule has 114 valence electrons. The van der Waals surface area contributed by atoms with Gasteiger partial charge in [-0.25, -0.2) is 0 Å². The van der Waals surface area contributed by atoms with Crippen LogP contribution in [0.5, 0.6) is 0 Å². The van der Waals surface area contributed by atoms with Crippen LogP contribution in [0, 0.1) is 0 Å². The van der Waals surface area contributed by atoms with Crippen molar-refractivity contribution in [2.45, 2.75) is 13.0 Å². The van der Waals surface area contributed by atoms with E-state index < -0.39 is 0 Å². The highest BCUT2D eigenvalue weighted by molar-refractivity contribution is 7.16. The Kier molecular flexibility index (Phi) is 2.75. The van der Waals surface area contributed by atoms with Crippen LogP contribution in [-0.4, -0.2) is 26.4 Å². The molecule has 0 unspecified atom stereocenters. The molecule has 7 heteroatoms. The van der Waals surface area contributed by atoms with Crippen molar-refractivity contribution in [2.24, 2.45) is 0 Å². The van der Waals surface area contributed by atoms with Crippen molar-refractivity contribution in [1.82, 2.24) is 19.8 Å². The van der Waals surface area contributed by atoms with Gasteiger partial charge in [0, 0.05) is 12.2 Å². The minimum absolute atomic E-state index is 0.648. The van der Waals surface area contributed by atoms with Gasteiger partial charge in [-0.1, -0.05) is 29.5 Å². The average molecular weight is 323 g/mol. The van der Waals surface area contributed by atoms with Gasteiger partial charge in [0.25, 0.3) is 0 Å². The van der Waals surface area contributed by atoms with Crippen molar-refractivity contribution in [1.29, 1.82) is 0 Å². The van der Waals surface area contributed by atoms with E-state index in [1.54, 1.807) is 22.1 Å². The molecule has 0 N–H and O–H groups in total. The van der Waals surface area contributed by atoms with Gasteiger partial charge in [0.1, 0.15) is 5.01 Å². The summed E-state index contributed by atoms with van der Waals surface area (Å²) in [7, 11) is 0. The van der Waals surface area contributed by atoms with Crippen LogP contribution in [0.15, 0.2) is 47.1 Å². The van der Waals surface area contributed by atoms with Crippen LogP contribution in [0.3, 0.4) is 0 Å². The largest absolute Gasteiger partial charge is 0.461 e. The molecule has 5 rings (SSSR count). The monoisotopic (exact) mass is 323 g/mol. The molecule has 0 radical (unpaired) electrons. The summed E-state index contributed by atoms with van der Waals surface area (Å²) in [6.07, 6.45) is 2.72. The molecule has 1 aromatic carbocycles. The summed E-state index contributed by atoms with van der Waals surface area (Å²) in [6.45, 7) is 1.83. The number of aromatic nitrogens is 4. The van der Waals surface area contributed by atoms with Gasteiger partial charge in [0.15, 0.2) is 5.76 Å². The van der Waals surface area contributed by atoms with Crippen molar-refractivity contribution >= 4 is 22.0 Å². The van der Waals surface area contributed by atoms with Gasteiger partial charge >= 0.3 is 0 Å². The molecule has 0 bridgehead atoms. The maximum Gasteiger partial charge on any atom is 0.235 e. The van der Waals surface area contributed by atoms with Gasteiger partial charge < -0.3 is 9.32 Å². The minimum atomic E-state index is 0.648. The summed E-state index contributed by atoms with van der Waals surface area (Å²) in [6, 6.07) is 12.3. The predicted octanol–water partition coefficient (Wildman–Crippen LogP) is 3.01. The van der Waals surface area contributed by atoms with E-state index in [0.29, 0.717) is 11.6 Å². The number of fused-ring (bicyclic) bond motifs is 2. The smallest absolute Gasteiger partial charge is 0.235 e. The van der Waals surface area contributed by atoms with Crippen LogP contribution < -0.4 is 4.90 Å². The molecule has 6 nitrogen and oxygen atoms in total. The number of benzene rings is 1. The molecule has 0 atom stereocenters. The fourth-order valence-corrected chi connectivity index (χ4v) is 3.86. The lowest BCUT2D eigenvalue weighted by Crippen LogP contribution is -2.19. The van der Waals surface area contributed by atoms with Crippen LogP contribution in [0.1, 0.15) is 10.6 Å². The van der Waals surface area contributed by atoms with Crippen molar-refractivity contribution in [2.75, 3.05) is 11.4 Å². The highest BCUT2D eigenvalue weighted by Gasteiger charge is 2.21. The maximum absolute atomic E-state index is 5.41. The third-order valence-electron chi connectivity index (χ3n) is 4.08. The second kappa shape index (κ2) is 4.92. The Balaban J connectivity index is 1.48. The lowest BCUT2D eigenvalue weighted by atomic mass is 10.2. The van der Waals surface area contributed by atoms with Crippen LogP contribution in [-0.2, 0) is 13.0 Å². The number of hydrogen-bond donors (Lipinski definition) is 0. The number of anilines is 1. The van der Waals surface area contributed by atoms with E-state index in [4.69, 9.17) is 4.42 Å². The highest BCUT2D eigenvalue weighted by Crippen LogP contribution is 2.30. The predicted molar refractivity (Wildman–Crippen MR) is 87.6 cm³/mol. The van der Waals surface area contributed by atoms with Gasteiger partial charge in [0.05, 0.1) is 12.8 Å². The Bertz CT molecular complexity index is 972. The first-order valence-electron chi connectivity index (χ1n) is 7.46. The van der Waals surface area contributed by atoms with Crippen molar-refractivity contribution in [3.63, 3.8) is 0 Å². The molecule has 0 saturated heterocycles. The summed E-state index contributed by atoms with van der Waals surface area (Å²) < 4.78 is 7.17. The Hall–Kier alpha value is -2.67. The standard InChI is InChI=1S/C16H13N5OS/c1-2-5-12-11(4-1)7-8-20(12)10-14-19-21-15(13-6-3-9-22-13)17-18-16(21)23-14/h1-6,9H,7-8,10H2. The lowest BCUT2D eigenvalue weighted by Gasteiger charge is -2.17. The zero-order valence-electron chi connectivity index (χ0n) is 12.2. The fourth-order valence-electron chi connectivity index (χ4n) is 3.01. The van der Waals surface area contributed by atoms with E-state index in [2.05, 4.69) is 44.5 Å².